The third-order valence-electron chi connectivity index (χ3n) is 4.62. The molecule has 3 N–H and O–H groups in total. The first-order valence-electron chi connectivity index (χ1n) is 7.45. The Bertz CT molecular complexity index is 394. The van der Waals surface area contributed by atoms with Crippen molar-refractivity contribution in [3.63, 3.8) is 0 Å². The van der Waals surface area contributed by atoms with Crippen LogP contribution in [0.15, 0.2) is 24.3 Å². The summed E-state index contributed by atoms with van der Waals surface area (Å²) in [5.74, 6) is 7.31. The van der Waals surface area contributed by atoms with E-state index in [9.17, 15) is 0 Å². The van der Waals surface area contributed by atoms with E-state index in [0.29, 0.717) is 12.0 Å². The molecule has 1 aliphatic carbocycles. The maximum Gasteiger partial charge on any atom is 0.0438 e. The van der Waals surface area contributed by atoms with E-state index in [0.717, 1.165) is 17.4 Å². The third kappa shape index (κ3) is 3.71. The summed E-state index contributed by atoms with van der Waals surface area (Å²) in [6.45, 7) is 2.30. The SMILES string of the molecule is CCC1CCCCC1C(Cc1ccccc1Cl)NN. The molecule has 19 heavy (non-hydrogen) atoms. The summed E-state index contributed by atoms with van der Waals surface area (Å²) >= 11 is 6.27. The third-order valence-corrected chi connectivity index (χ3v) is 4.99. The second kappa shape index (κ2) is 7.28. The van der Waals surface area contributed by atoms with Crippen LogP contribution in [0.1, 0.15) is 44.6 Å². The van der Waals surface area contributed by atoms with E-state index in [1.807, 2.05) is 18.2 Å². The summed E-state index contributed by atoms with van der Waals surface area (Å²) in [6.07, 6.45) is 7.53. The number of nitrogens with two attached hydrogens (primary N) is 1. The molecule has 0 bridgehead atoms. The highest BCUT2D eigenvalue weighted by atomic mass is 35.5. The fourth-order valence-electron chi connectivity index (χ4n) is 3.51. The van der Waals surface area contributed by atoms with E-state index >= 15 is 0 Å². The molecule has 1 aromatic carbocycles. The minimum Gasteiger partial charge on any atom is -0.271 e. The molecule has 106 valence electrons. The predicted octanol–water partition coefficient (Wildman–Crippen LogP) is 3.93. The fourth-order valence-corrected chi connectivity index (χ4v) is 3.72. The predicted molar refractivity (Wildman–Crippen MR) is 82.0 cm³/mol. The molecule has 0 heterocycles. The lowest BCUT2D eigenvalue weighted by Gasteiger charge is -2.36. The Morgan fingerprint density at radius 2 is 2.05 bits per heavy atom. The quantitative estimate of drug-likeness (QED) is 0.633. The molecule has 1 saturated carbocycles. The molecule has 2 rings (SSSR count). The van der Waals surface area contributed by atoms with Crippen molar-refractivity contribution in [1.29, 1.82) is 0 Å². The van der Waals surface area contributed by atoms with Crippen LogP contribution in [0, 0.1) is 11.8 Å². The number of hydrogen-bond acceptors (Lipinski definition) is 2. The molecule has 1 aliphatic rings. The van der Waals surface area contributed by atoms with Crippen LogP contribution in [-0.2, 0) is 6.42 Å². The van der Waals surface area contributed by atoms with Crippen molar-refractivity contribution in [2.75, 3.05) is 0 Å². The van der Waals surface area contributed by atoms with Crippen LogP contribution in [0.3, 0.4) is 0 Å². The second-order valence-electron chi connectivity index (χ2n) is 5.69. The smallest absolute Gasteiger partial charge is 0.0438 e. The van der Waals surface area contributed by atoms with Crippen molar-refractivity contribution in [2.24, 2.45) is 17.7 Å². The maximum atomic E-state index is 6.27. The summed E-state index contributed by atoms with van der Waals surface area (Å²) in [5.41, 5.74) is 4.25. The summed E-state index contributed by atoms with van der Waals surface area (Å²) < 4.78 is 0. The Hall–Kier alpha value is -0.570. The highest BCUT2D eigenvalue weighted by Gasteiger charge is 2.30. The molecule has 0 saturated heterocycles. The largest absolute Gasteiger partial charge is 0.271 e. The molecule has 0 spiro atoms. The molecule has 1 fully saturated rings. The summed E-state index contributed by atoms with van der Waals surface area (Å²) in [5, 5.41) is 0.853. The topological polar surface area (TPSA) is 38.0 Å². The first kappa shape index (κ1) is 14.8. The minimum absolute atomic E-state index is 0.338. The molecule has 3 heteroatoms. The van der Waals surface area contributed by atoms with Gasteiger partial charge in [0, 0.05) is 11.1 Å². The zero-order valence-electron chi connectivity index (χ0n) is 11.7. The van der Waals surface area contributed by atoms with Gasteiger partial charge in [0.15, 0.2) is 0 Å². The lowest BCUT2D eigenvalue weighted by Crippen LogP contribution is -2.46. The van der Waals surface area contributed by atoms with Gasteiger partial charge in [0.2, 0.25) is 0 Å². The van der Waals surface area contributed by atoms with Crippen molar-refractivity contribution in [3.05, 3.63) is 34.9 Å². The van der Waals surface area contributed by atoms with E-state index < -0.39 is 0 Å². The van der Waals surface area contributed by atoms with Crippen molar-refractivity contribution in [3.8, 4) is 0 Å². The number of halogens is 1. The normalized spacial score (nSPS) is 25.2. The molecule has 3 unspecified atom stereocenters. The number of hydrogen-bond donors (Lipinski definition) is 2. The Balaban J connectivity index is 2.08. The highest BCUT2D eigenvalue weighted by Crippen LogP contribution is 2.35. The number of hydrazine groups is 1. The van der Waals surface area contributed by atoms with Gasteiger partial charge in [-0.25, -0.2) is 0 Å². The van der Waals surface area contributed by atoms with Gasteiger partial charge in [-0.05, 0) is 36.3 Å². The number of benzene rings is 1. The average molecular weight is 281 g/mol. The Labute approximate surface area is 121 Å². The molecule has 0 radical (unpaired) electrons. The molecule has 0 aliphatic heterocycles. The number of rotatable bonds is 5. The number of nitrogens with one attached hydrogen (secondary N) is 1. The van der Waals surface area contributed by atoms with Gasteiger partial charge in [0.05, 0.1) is 0 Å². The van der Waals surface area contributed by atoms with Crippen molar-refractivity contribution in [1.82, 2.24) is 5.43 Å². The van der Waals surface area contributed by atoms with Gasteiger partial charge in [-0.15, -0.1) is 0 Å². The molecule has 0 aromatic heterocycles. The van der Waals surface area contributed by atoms with Crippen LogP contribution in [0.2, 0.25) is 5.02 Å². The lowest BCUT2D eigenvalue weighted by atomic mass is 9.73. The van der Waals surface area contributed by atoms with Gasteiger partial charge in [-0.1, -0.05) is 62.4 Å². The Kier molecular flexibility index (Phi) is 5.68. The molecule has 2 nitrogen and oxygen atoms in total. The van der Waals surface area contributed by atoms with E-state index in [2.05, 4.69) is 18.4 Å². The Morgan fingerprint density at radius 3 is 2.74 bits per heavy atom. The van der Waals surface area contributed by atoms with Crippen molar-refractivity contribution in [2.45, 2.75) is 51.5 Å². The summed E-state index contributed by atoms with van der Waals surface area (Å²) in [7, 11) is 0. The van der Waals surface area contributed by atoms with Crippen LogP contribution >= 0.6 is 11.6 Å². The van der Waals surface area contributed by atoms with Gasteiger partial charge in [-0.3, -0.25) is 11.3 Å². The van der Waals surface area contributed by atoms with Gasteiger partial charge in [-0.2, -0.15) is 0 Å². The molecule has 0 amide bonds. The zero-order valence-corrected chi connectivity index (χ0v) is 12.5. The summed E-state index contributed by atoms with van der Waals surface area (Å²) in [4.78, 5) is 0. The molecular weight excluding hydrogens is 256 g/mol. The first-order valence-corrected chi connectivity index (χ1v) is 7.83. The Morgan fingerprint density at radius 1 is 1.32 bits per heavy atom. The van der Waals surface area contributed by atoms with Gasteiger partial charge in [0.25, 0.3) is 0 Å². The van der Waals surface area contributed by atoms with Gasteiger partial charge in [0.1, 0.15) is 0 Å². The van der Waals surface area contributed by atoms with Gasteiger partial charge >= 0.3 is 0 Å². The highest BCUT2D eigenvalue weighted by molar-refractivity contribution is 6.31. The van der Waals surface area contributed by atoms with Gasteiger partial charge < -0.3 is 0 Å². The standard InChI is InChI=1S/C16H25ClN2/c1-2-12-7-3-5-9-14(12)16(19-18)11-13-8-4-6-10-15(13)17/h4,6,8,10,12,14,16,19H,2-3,5,7,9,11,18H2,1H3. The van der Waals surface area contributed by atoms with E-state index in [1.54, 1.807) is 0 Å². The van der Waals surface area contributed by atoms with Crippen LogP contribution in [0.25, 0.3) is 0 Å². The second-order valence-corrected chi connectivity index (χ2v) is 6.09. The van der Waals surface area contributed by atoms with E-state index in [1.165, 1.54) is 37.7 Å². The van der Waals surface area contributed by atoms with Crippen LogP contribution in [0.4, 0.5) is 0 Å². The summed E-state index contributed by atoms with van der Waals surface area (Å²) in [6, 6.07) is 8.43. The zero-order chi connectivity index (χ0) is 13.7. The monoisotopic (exact) mass is 280 g/mol. The van der Waals surface area contributed by atoms with Crippen LogP contribution in [-0.4, -0.2) is 6.04 Å². The first-order chi connectivity index (χ1) is 9.26. The maximum absolute atomic E-state index is 6.27. The average Bonchev–Trinajstić information content (AvgIpc) is 2.46. The molecular formula is C16H25ClN2. The van der Waals surface area contributed by atoms with Crippen LogP contribution in [0.5, 0.6) is 0 Å². The fraction of sp³-hybridized carbons (Fsp3) is 0.625. The van der Waals surface area contributed by atoms with Crippen LogP contribution < -0.4 is 11.3 Å². The molecule has 3 atom stereocenters. The minimum atomic E-state index is 0.338. The van der Waals surface area contributed by atoms with Crippen molar-refractivity contribution < 1.29 is 0 Å². The van der Waals surface area contributed by atoms with E-state index in [4.69, 9.17) is 17.4 Å². The lowest BCUT2D eigenvalue weighted by molar-refractivity contribution is 0.174. The molecule has 1 aromatic rings. The van der Waals surface area contributed by atoms with Crippen molar-refractivity contribution >= 4 is 11.6 Å². The van der Waals surface area contributed by atoms with E-state index in [-0.39, 0.29) is 0 Å².